The summed E-state index contributed by atoms with van der Waals surface area (Å²) in [7, 11) is 0. The topological polar surface area (TPSA) is 108 Å². The van der Waals surface area contributed by atoms with Crippen LogP contribution in [-0.4, -0.2) is 56.1 Å². The summed E-state index contributed by atoms with van der Waals surface area (Å²) in [5, 5.41) is 31.1. The number of aliphatic hydroxyl groups excluding tert-OH is 1. The lowest BCUT2D eigenvalue weighted by molar-refractivity contribution is -0.144. The van der Waals surface area contributed by atoms with Crippen LogP contribution in [0.1, 0.15) is 78.8 Å². The molecule has 1 saturated carbocycles. The van der Waals surface area contributed by atoms with Crippen molar-refractivity contribution < 1.29 is 41.4 Å². The average Bonchev–Trinajstić information content (AvgIpc) is 3.51. The molecule has 0 amide bonds. The van der Waals surface area contributed by atoms with Crippen molar-refractivity contribution in [3.8, 4) is 0 Å². The Hall–Kier alpha value is -3.88. The normalized spacial score (nSPS) is 18.4. The molecule has 1 heterocycles. The third-order valence-electron chi connectivity index (χ3n) is 9.35. The number of aliphatic hydroxyl groups is 1. The first kappa shape index (κ1) is 35.4. The number of carboxylic acid groups (broad SMARTS) is 1. The third-order valence-corrected chi connectivity index (χ3v) is 9.35. The molecule has 9 nitrogen and oxygen atoms in total. The third kappa shape index (κ3) is 8.58. The van der Waals surface area contributed by atoms with Crippen LogP contribution in [0, 0.1) is 11.8 Å². The van der Waals surface area contributed by atoms with Gasteiger partial charge in [-0.1, -0.05) is 11.2 Å². The maximum atomic E-state index is 13.7. The Kier molecular flexibility index (Phi) is 10.9. The van der Waals surface area contributed by atoms with E-state index in [0.717, 1.165) is 60.1 Å². The molecule has 2 aliphatic rings. The van der Waals surface area contributed by atoms with Crippen molar-refractivity contribution in [3.05, 3.63) is 63.7 Å². The lowest BCUT2D eigenvalue weighted by Crippen LogP contribution is -2.34. The van der Waals surface area contributed by atoms with Gasteiger partial charge in [0, 0.05) is 31.9 Å². The molecule has 0 spiro atoms. The summed E-state index contributed by atoms with van der Waals surface area (Å²) in [5.74, 6) is -0.852. The Morgan fingerprint density at radius 1 is 0.896 bits per heavy atom. The standard InChI is InChI=1S/C33H40F6N6O3/c1-2-43(18-21-7-9-23(10-8-21)30(47)48)29-16-25-6-4-3-5-24(25)15-26(29)20-44(31-40-42-45(41-31)11-12-46)19-22-13-27(32(34,35)36)17-28(14-22)33(37,38)39/h13-17,21,23,46H,2-12,18-20H2,1H3,(H,47,48). The van der Waals surface area contributed by atoms with E-state index >= 15 is 0 Å². The van der Waals surface area contributed by atoms with Crippen LogP contribution in [0.25, 0.3) is 0 Å². The second-order valence-electron chi connectivity index (χ2n) is 12.7. The number of hydrogen-bond donors (Lipinski definition) is 2. The molecule has 2 N–H and O–H groups in total. The molecule has 5 rings (SSSR count). The number of hydrogen-bond acceptors (Lipinski definition) is 7. The molecule has 0 bridgehead atoms. The molecule has 262 valence electrons. The van der Waals surface area contributed by atoms with E-state index in [4.69, 9.17) is 0 Å². The molecule has 2 aliphatic carbocycles. The van der Waals surface area contributed by atoms with E-state index in [-0.39, 0.29) is 55.7 Å². The second kappa shape index (κ2) is 14.7. The minimum atomic E-state index is -5.00. The van der Waals surface area contributed by atoms with Gasteiger partial charge in [-0.15, -0.1) is 5.10 Å². The average molecular weight is 683 g/mol. The number of aromatic nitrogens is 4. The van der Waals surface area contributed by atoms with Gasteiger partial charge in [0.15, 0.2) is 0 Å². The number of aliphatic carboxylic acids is 1. The number of carboxylic acids is 1. The predicted octanol–water partition coefficient (Wildman–Crippen LogP) is 6.51. The monoisotopic (exact) mass is 682 g/mol. The molecule has 0 saturated heterocycles. The van der Waals surface area contributed by atoms with Crippen LogP contribution in [0.4, 0.5) is 38.0 Å². The van der Waals surface area contributed by atoms with Gasteiger partial charge < -0.3 is 20.0 Å². The molecule has 1 aromatic heterocycles. The second-order valence-corrected chi connectivity index (χ2v) is 12.7. The van der Waals surface area contributed by atoms with Crippen molar-refractivity contribution >= 4 is 17.6 Å². The van der Waals surface area contributed by atoms with Crippen molar-refractivity contribution in [1.82, 2.24) is 20.2 Å². The van der Waals surface area contributed by atoms with E-state index in [1.54, 1.807) is 0 Å². The van der Waals surface area contributed by atoms with Crippen LogP contribution in [0.5, 0.6) is 0 Å². The van der Waals surface area contributed by atoms with Gasteiger partial charge in [-0.3, -0.25) is 4.79 Å². The zero-order chi connectivity index (χ0) is 34.6. The zero-order valence-corrected chi connectivity index (χ0v) is 26.7. The first-order chi connectivity index (χ1) is 22.7. The fourth-order valence-electron chi connectivity index (χ4n) is 6.83. The van der Waals surface area contributed by atoms with Gasteiger partial charge in [-0.2, -0.15) is 31.1 Å². The summed E-state index contributed by atoms with van der Waals surface area (Å²) in [6.07, 6.45) is -3.46. The fraction of sp³-hybridized carbons (Fsp3) is 0.576. The summed E-state index contributed by atoms with van der Waals surface area (Å²) in [5.41, 5.74) is 1.04. The maximum Gasteiger partial charge on any atom is 0.416 e. The Morgan fingerprint density at radius 2 is 1.52 bits per heavy atom. The first-order valence-corrected chi connectivity index (χ1v) is 16.3. The van der Waals surface area contributed by atoms with Gasteiger partial charge in [0.25, 0.3) is 5.95 Å². The fourth-order valence-corrected chi connectivity index (χ4v) is 6.83. The zero-order valence-electron chi connectivity index (χ0n) is 26.7. The summed E-state index contributed by atoms with van der Waals surface area (Å²) in [4.78, 5) is 16.4. The van der Waals surface area contributed by atoms with Gasteiger partial charge in [-0.25, -0.2) is 0 Å². The van der Waals surface area contributed by atoms with E-state index in [1.807, 2.05) is 6.92 Å². The Bertz CT molecular complexity index is 1540. The molecule has 0 unspecified atom stereocenters. The molecule has 2 aromatic carbocycles. The summed E-state index contributed by atoms with van der Waals surface area (Å²) < 4.78 is 82.5. The molecule has 15 heteroatoms. The van der Waals surface area contributed by atoms with Crippen LogP contribution in [0.3, 0.4) is 0 Å². The molecule has 0 aliphatic heterocycles. The van der Waals surface area contributed by atoms with Crippen molar-refractivity contribution in [1.29, 1.82) is 0 Å². The van der Waals surface area contributed by atoms with Gasteiger partial charge in [0.1, 0.15) is 0 Å². The highest BCUT2D eigenvalue weighted by Gasteiger charge is 2.37. The van der Waals surface area contributed by atoms with E-state index in [0.29, 0.717) is 38.1 Å². The van der Waals surface area contributed by atoms with Crippen molar-refractivity contribution in [2.75, 3.05) is 29.5 Å². The summed E-state index contributed by atoms with van der Waals surface area (Å²) >= 11 is 0. The summed E-state index contributed by atoms with van der Waals surface area (Å²) in [6.45, 7) is 2.73. The van der Waals surface area contributed by atoms with E-state index < -0.39 is 29.4 Å². The highest BCUT2D eigenvalue weighted by molar-refractivity contribution is 5.70. The maximum absolute atomic E-state index is 13.7. The number of fused-ring (bicyclic) bond motifs is 1. The minimum absolute atomic E-state index is 0.000449. The number of alkyl halides is 6. The lowest BCUT2D eigenvalue weighted by atomic mass is 9.81. The Labute approximate surface area is 274 Å². The van der Waals surface area contributed by atoms with Crippen LogP contribution in [0.2, 0.25) is 0 Å². The van der Waals surface area contributed by atoms with Gasteiger partial charge in [-0.05, 0) is 116 Å². The molecule has 0 radical (unpaired) electrons. The van der Waals surface area contributed by atoms with Crippen molar-refractivity contribution in [2.45, 2.75) is 90.3 Å². The SMILES string of the molecule is CCN(CC1CCC(C(=O)O)CC1)c1cc2c(cc1CN(Cc1cc(C(F)(F)F)cc(C(F)(F)F)c1)c1nnn(CCO)n1)CCCC2. The largest absolute Gasteiger partial charge is 0.481 e. The van der Waals surface area contributed by atoms with E-state index in [1.165, 1.54) is 10.5 Å². The quantitative estimate of drug-likeness (QED) is 0.209. The van der Waals surface area contributed by atoms with Gasteiger partial charge in [0.2, 0.25) is 0 Å². The van der Waals surface area contributed by atoms with E-state index in [9.17, 15) is 41.4 Å². The van der Waals surface area contributed by atoms with E-state index in [2.05, 4.69) is 32.4 Å². The smallest absolute Gasteiger partial charge is 0.416 e. The van der Waals surface area contributed by atoms with Crippen LogP contribution < -0.4 is 9.80 Å². The Balaban J connectivity index is 1.53. The van der Waals surface area contributed by atoms with Crippen molar-refractivity contribution in [3.63, 3.8) is 0 Å². The molecule has 0 atom stereocenters. The van der Waals surface area contributed by atoms with Gasteiger partial charge >= 0.3 is 18.3 Å². The Morgan fingerprint density at radius 3 is 2.08 bits per heavy atom. The number of anilines is 2. The highest BCUT2D eigenvalue weighted by Crippen LogP contribution is 2.38. The number of tetrazole rings is 1. The number of halogens is 6. The molecular weight excluding hydrogens is 642 g/mol. The van der Waals surface area contributed by atoms with Crippen LogP contribution >= 0.6 is 0 Å². The number of benzene rings is 2. The summed E-state index contributed by atoms with van der Waals surface area (Å²) in [6, 6.07) is 5.75. The molecule has 3 aromatic rings. The number of rotatable bonds is 12. The number of nitrogens with zero attached hydrogens (tertiary/aromatic N) is 6. The molecule has 1 fully saturated rings. The minimum Gasteiger partial charge on any atom is -0.481 e. The van der Waals surface area contributed by atoms with Crippen molar-refractivity contribution in [2.24, 2.45) is 11.8 Å². The first-order valence-electron chi connectivity index (χ1n) is 16.3. The number of aryl methyl sites for hydroxylation is 2. The van der Waals surface area contributed by atoms with Crippen LogP contribution in [-0.2, 0) is 49.6 Å². The highest BCUT2D eigenvalue weighted by atomic mass is 19.4. The number of carbonyl (C=O) groups is 1. The van der Waals surface area contributed by atoms with Gasteiger partial charge in [0.05, 0.1) is 30.2 Å². The molecule has 48 heavy (non-hydrogen) atoms. The molecular formula is C33H40F6N6O3. The van der Waals surface area contributed by atoms with Crippen LogP contribution in [0.15, 0.2) is 30.3 Å². The lowest BCUT2D eigenvalue weighted by Gasteiger charge is -2.35. The predicted molar refractivity (Wildman–Crippen MR) is 165 cm³/mol.